The van der Waals surface area contributed by atoms with Crippen molar-refractivity contribution in [3.8, 4) is 0 Å². The van der Waals surface area contributed by atoms with Gasteiger partial charge in [0.15, 0.2) is 0 Å². The van der Waals surface area contributed by atoms with E-state index in [0.29, 0.717) is 0 Å². The summed E-state index contributed by atoms with van der Waals surface area (Å²) in [5.74, 6) is 0.265. The fourth-order valence-electron chi connectivity index (χ4n) is 1.06. The molecule has 2 N–H and O–H groups in total. The first-order valence-electron chi connectivity index (χ1n) is 4.20. The monoisotopic (exact) mass is 165 g/mol. The maximum Gasteiger partial charge on any atom is 0.0123 e. The molecule has 0 rings (SSSR count). The van der Waals surface area contributed by atoms with E-state index in [-0.39, 0.29) is 12.0 Å². The van der Waals surface area contributed by atoms with Crippen LogP contribution in [0.1, 0.15) is 20.8 Å². The number of rotatable bonds is 4. The highest BCUT2D eigenvalue weighted by Gasteiger charge is 2.09. The average molecular weight is 165 g/mol. The van der Waals surface area contributed by atoms with E-state index in [0.717, 1.165) is 11.1 Å². The van der Waals surface area contributed by atoms with Crippen LogP contribution in [0.4, 0.5) is 0 Å². The predicted octanol–water partition coefficient (Wildman–Crippen LogP) is 2.66. The van der Waals surface area contributed by atoms with Crippen molar-refractivity contribution in [2.24, 2.45) is 11.7 Å². The van der Waals surface area contributed by atoms with Crippen LogP contribution in [-0.2, 0) is 0 Å². The van der Waals surface area contributed by atoms with Crippen LogP contribution >= 0.6 is 0 Å². The van der Waals surface area contributed by atoms with E-state index in [1.807, 2.05) is 26.8 Å². The SMILES string of the molecule is C=C(C)/C=C\C(C(=C)C)[C@@H](C)N. The number of hydrogen-bond donors (Lipinski definition) is 1. The van der Waals surface area contributed by atoms with Crippen molar-refractivity contribution < 1.29 is 0 Å². The Labute approximate surface area is 75.7 Å². The molecule has 0 aromatic carbocycles. The Hall–Kier alpha value is -0.820. The third kappa shape index (κ3) is 4.14. The van der Waals surface area contributed by atoms with Crippen molar-refractivity contribution in [3.63, 3.8) is 0 Å². The molecule has 12 heavy (non-hydrogen) atoms. The fourth-order valence-corrected chi connectivity index (χ4v) is 1.06. The van der Waals surface area contributed by atoms with Crippen LogP contribution in [-0.4, -0.2) is 6.04 Å². The first kappa shape index (κ1) is 11.2. The Kier molecular flexibility index (Phi) is 4.60. The third-order valence-corrected chi connectivity index (χ3v) is 1.72. The first-order chi connectivity index (χ1) is 5.45. The van der Waals surface area contributed by atoms with E-state index in [1.165, 1.54) is 0 Å². The minimum atomic E-state index is 0.123. The van der Waals surface area contributed by atoms with E-state index in [1.54, 1.807) is 0 Å². The van der Waals surface area contributed by atoms with Crippen molar-refractivity contribution >= 4 is 0 Å². The van der Waals surface area contributed by atoms with Crippen LogP contribution in [0.3, 0.4) is 0 Å². The zero-order valence-electron chi connectivity index (χ0n) is 8.30. The molecule has 0 bridgehead atoms. The molecule has 0 aliphatic heterocycles. The molecule has 0 spiro atoms. The second kappa shape index (κ2) is 4.94. The predicted molar refractivity (Wildman–Crippen MR) is 55.9 cm³/mol. The second-order valence-corrected chi connectivity index (χ2v) is 3.44. The van der Waals surface area contributed by atoms with Crippen LogP contribution in [0.5, 0.6) is 0 Å². The van der Waals surface area contributed by atoms with E-state index in [9.17, 15) is 0 Å². The third-order valence-electron chi connectivity index (χ3n) is 1.72. The highest BCUT2D eigenvalue weighted by molar-refractivity contribution is 5.18. The van der Waals surface area contributed by atoms with Gasteiger partial charge in [0.05, 0.1) is 0 Å². The lowest BCUT2D eigenvalue weighted by atomic mass is 9.94. The first-order valence-corrected chi connectivity index (χ1v) is 4.20. The molecule has 0 aromatic heterocycles. The van der Waals surface area contributed by atoms with Gasteiger partial charge < -0.3 is 5.73 Å². The zero-order valence-corrected chi connectivity index (χ0v) is 8.30. The Morgan fingerprint density at radius 3 is 2.08 bits per heavy atom. The Balaban J connectivity index is 4.33. The maximum atomic E-state index is 5.78. The number of nitrogens with two attached hydrogens (primary N) is 1. The molecule has 0 aromatic rings. The summed E-state index contributed by atoms with van der Waals surface area (Å²) in [5.41, 5.74) is 7.93. The van der Waals surface area contributed by atoms with Crippen molar-refractivity contribution in [1.29, 1.82) is 0 Å². The molecule has 1 nitrogen and oxygen atoms in total. The van der Waals surface area contributed by atoms with Gasteiger partial charge in [-0.1, -0.05) is 36.5 Å². The zero-order chi connectivity index (χ0) is 9.72. The highest BCUT2D eigenvalue weighted by Crippen LogP contribution is 2.14. The Morgan fingerprint density at radius 1 is 1.33 bits per heavy atom. The van der Waals surface area contributed by atoms with Crippen LogP contribution < -0.4 is 5.73 Å². The standard InChI is InChI=1S/C11H19N/c1-8(2)6-7-11(9(3)4)10(5)12/h6-7,10-11H,1,3,12H2,2,4-5H3/b7-6-/t10-,11?/m1/s1. The molecular formula is C11H19N. The summed E-state index contributed by atoms with van der Waals surface area (Å²) in [7, 11) is 0. The molecule has 0 amide bonds. The summed E-state index contributed by atoms with van der Waals surface area (Å²) in [4.78, 5) is 0. The maximum absolute atomic E-state index is 5.78. The molecule has 0 saturated carbocycles. The van der Waals surface area contributed by atoms with E-state index in [4.69, 9.17) is 5.73 Å². The summed E-state index contributed by atoms with van der Waals surface area (Å²) in [6.45, 7) is 13.6. The van der Waals surface area contributed by atoms with Gasteiger partial charge in [0, 0.05) is 12.0 Å². The van der Waals surface area contributed by atoms with Crippen LogP contribution in [0, 0.1) is 5.92 Å². The van der Waals surface area contributed by atoms with Gasteiger partial charge in [-0.05, 0) is 20.8 Å². The normalized spacial score (nSPS) is 16.0. The summed E-state index contributed by atoms with van der Waals surface area (Å²) in [6, 6.07) is 0.123. The number of allylic oxidation sites excluding steroid dienone is 2. The molecule has 1 heteroatoms. The lowest BCUT2D eigenvalue weighted by molar-refractivity contribution is 0.607. The van der Waals surface area contributed by atoms with Crippen LogP contribution in [0.15, 0.2) is 36.5 Å². The minimum absolute atomic E-state index is 0.123. The summed E-state index contributed by atoms with van der Waals surface area (Å²) < 4.78 is 0. The smallest absolute Gasteiger partial charge is 0.0123 e. The molecule has 2 atom stereocenters. The van der Waals surface area contributed by atoms with Crippen LogP contribution in [0.2, 0.25) is 0 Å². The Bertz CT molecular complexity index is 199. The molecule has 0 radical (unpaired) electrons. The van der Waals surface area contributed by atoms with Gasteiger partial charge in [-0.15, -0.1) is 0 Å². The molecule has 0 saturated heterocycles. The molecule has 1 unspecified atom stereocenters. The van der Waals surface area contributed by atoms with Gasteiger partial charge in [-0.3, -0.25) is 0 Å². The van der Waals surface area contributed by atoms with Gasteiger partial charge in [-0.25, -0.2) is 0 Å². The van der Waals surface area contributed by atoms with Gasteiger partial charge in [0.1, 0.15) is 0 Å². The van der Waals surface area contributed by atoms with Gasteiger partial charge in [0.2, 0.25) is 0 Å². The summed E-state index contributed by atoms with van der Waals surface area (Å²) in [5, 5.41) is 0. The van der Waals surface area contributed by atoms with Gasteiger partial charge in [-0.2, -0.15) is 0 Å². The van der Waals surface area contributed by atoms with Crippen molar-refractivity contribution in [1.82, 2.24) is 0 Å². The second-order valence-electron chi connectivity index (χ2n) is 3.44. The Morgan fingerprint density at radius 2 is 1.83 bits per heavy atom. The molecule has 68 valence electrons. The molecule has 0 fully saturated rings. The van der Waals surface area contributed by atoms with Gasteiger partial charge >= 0.3 is 0 Å². The van der Waals surface area contributed by atoms with Gasteiger partial charge in [0.25, 0.3) is 0 Å². The average Bonchev–Trinajstić information content (AvgIpc) is 1.84. The van der Waals surface area contributed by atoms with E-state index < -0.39 is 0 Å². The quantitative estimate of drug-likeness (QED) is 0.503. The van der Waals surface area contributed by atoms with Crippen molar-refractivity contribution in [2.75, 3.05) is 0 Å². The topological polar surface area (TPSA) is 26.0 Å². The highest BCUT2D eigenvalue weighted by atomic mass is 14.6. The lowest BCUT2D eigenvalue weighted by Gasteiger charge is -2.16. The minimum Gasteiger partial charge on any atom is -0.327 e. The molecule has 0 aliphatic rings. The summed E-state index contributed by atoms with van der Waals surface area (Å²) in [6.07, 6.45) is 4.05. The van der Waals surface area contributed by atoms with Crippen molar-refractivity contribution in [3.05, 3.63) is 36.5 Å². The molecule has 0 heterocycles. The largest absolute Gasteiger partial charge is 0.327 e. The molecular weight excluding hydrogens is 146 g/mol. The van der Waals surface area contributed by atoms with E-state index in [2.05, 4.69) is 19.2 Å². The summed E-state index contributed by atoms with van der Waals surface area (Å²) >= 11 is 0. The van der Waals surface area contributed by atoms with Crippen molar-refractivity contribution in [2.45, 2.75) is 26.8 Å². The lowest BCUT2D eigenvalue weighted by Crippen LogP contribution is -2.25. The van der Waals surface area contributed by atoms with Crippen LogP contribution in [0.25, 0.3) is 0 Å². The number of hydrogen-bond acceptors (Lipinski definition) is 1. The molecule has 0 aliphatic carbocycles. The van der Waals surface area contributed by atoms with E-state index >= 15 is 0 Å². The fraction of sp³-hybridized carbons (Fsp3) is 0.455.